The van der Waals surface area contributed by atoms with Gasteiger partial charge in [-0.25, -0.2) is 9.97 Å². The normalized spacial score (nSPS) is 9.80. The molecule has 0 fully saturated rings. The van der Waals surface area contributed by atoms with Crippen LogP contribution in [0.2, 0.25) is 0 Å². The van der Waals surface area contributed by atoms with Gasteiger partial charge in [0.25, 0.3) is 0 Å². The second kappa shape index (κ2) is 3.21. The van der Waals surface area contributed by atoms with Crippen LogP contribution < -0.4 is 0 Å². The van der Waals surface area contributed by atoms with Crippen LogP contribution in [0.15, 0.2) is 15.8 Å². The van der Waals surface area contributed by atoms with Gasteiger partial charge in [0.2, 0.25) is 5.88 Å². The van der Waals surface area contributed by atoms with Gasteiger partial charge in [-0.15, -0.1) is 11.8 Å². The molecule has 1 N–H and O–H groups in total. The Kier molecular flexibility index (Phi) is 2.50. The molecule has 1 aromatic rings. The topological polar surface area (TPSA) is 46.0 Å². The summed E-state index contributed by atoms with van der Waals surface area (Å²) in [5.74, 6) is -0.0631. The van der Waals surface area contributed by atoms with Gasteiger partial charge >= 0.3 is 0 Å². The molecule has 1 rings (SSSR count). The quantitative estimate of drug-likeness (QED) is 0.732. The molecule has 0 radical (unpaired) electrons. The summed E-state index contributed by atoms with van der Waals surface area (Å²) in [5.41, 5.74) is 0. The smallest absolute Gasteiger partial charge is 0.245 e. The van der Waals surface area contributed by atoms with Crippen molar-refractivity contribution in [2.45, 2.75) is 5.03 Å². The van der Waals surface area contributed by atoms with Crippen molar-refractivity contribution in [3.05, 3.63) is 10.8 Å². The van der Waals surface area contributed by atoms with Crippen LogP contribution in [0.4, 0.5) is 0 Å². The van der Waals surface area contributed by atoms with Gasteiger partial charge in [0.15, 0.2) is 4.60 Å². The fourth-order valence-corrected chi connectivity index (χ4v) is 0.974. The molecule has 0 saturated carbocycles. The van der Waals surface area contributed by atoms with Crippen molar-refractivity contribution in [2.24, 2.45) is 0 Å². The summed E-state index contributed by atoms with van der Waals surface area (Å²) in [5, 5.41) is 9.71. The maximum absolute atomic E-state index is 9.00. The Morgan fingerprint density at radius 2 is 2.40 bits per heavy atom. The molecule has 3 nitrogen and oxygen atoms in total. The number of hydrogen-bond acceptors (Lipinski definition) is 4. The average molecular weight is 221 g/mol. The van der Waals surface area contributed by atoms with Gasteiger partial charge in [-0.1, -0.05) is 0 Å². The molecule has 1 aromatic heterocycles. The summed E-state index contributed by atoms with van der Waals surface area (Å²) in [6.45, 7) is 0. The molecule has 0 aromatic carbocycles. The number of rotatable bonds is 1. The third-order valence-corrected chi connectivity index (χ3v) is 2.07. The highest BCUT2D eigenvalue weighted by molar-refractivity contribution is 9.10. The minimum Gasteiger partial charge on any atom is -0.491 e. The molecule has 0 unspecified atom stereocenters. The summed E-state index contributed by atoms with van der Waals surface area (Å²) in [4.78, 5) is 7.63. The number of hydrogen-bond donors (Lipinski definition) is 1. The summed E-state index contributed by atoms with van der Waals surface area (Å²) >= 11 is 4.46. The van der Waals surface area contributed by atoms with Crippen molar-refractivity contribution in [3.8, 4) is 5.88 Å². The maximum atomic E-state index is 9.00. The van der Waals surface area contributed by atoms with Crippen LogP contribution in [0.25, 0.3) is 0 Å². The largest absolute Gasteiger partial charge is 0.491 e. The van der Waals surface area contributed by atoms with Gasteiger partial charge in [0.1, 0.15) is 5.03 Å². The first-order valence-corrected chi connectivity index (χ1v) is 4.51. The van der Waals surface area contributed by atoms with Crippen molar-refractivity contribution in [1.82, 2.24) is 9.97 Å². The molecule has 0 atom stereocenters. The Morgan fingerprint density at radius 1 is 1.70 bits per heavy atom. The number of aromatic nitrogens is 2. The second-order valence-corrected chi connectivity index (χ2v) is 3.10. The molecule has 5 heteroatoms. The minimum atomic E-state index is -0.0631. The highest BCUT2D eigenvalue weighted by Crippen LogP contribution is 2.20. The first-order valence-electron chi connectivity index (χ1n) is 2.49. The number of nitrogens with zero attached hydrogens (tertiary/aromatic N) is 2. The monoisotopic (exact) mass is 220 g/mol. The Balaban J connectivity index is 3.04. The summed E-state index contributed by atoms with van der Waals surface area (Å²) < 4.78 is 0.380. The van der Waals surface area contributed by atoms with Crippen LogP contribution in [-0.2, 0) is 0 Å². The van der Waals surface area contributed by atoms with Gasteiger partial charge in [0, 0.05) is 0 Å². The van der Waals surface area contributed by atoms with Crippen molar-refractivity contribution >= 4 is 27.7 Å². The van der Waals surface area contributed by atoms with Crippen LogP contribution in [0.5, 0.6) is 5.88 Å². The van der Waals surface area contributed by atoms with Crippen molar-refractivity contribution in [1.29, 1.82) is 0 Å². The van der Waals surface area contributed by atoms with Crippen molar-refractivity contribution < 1.29 is 5.11 Å². The minimum absolute atomic E-state index is 0.0631. The lowest BCUT2D eigenvalue weighted by Gasteiger charge is -1.95. The van der Waals surface area contributed by atoms with E-state index in [0.717, 1.165) is 0 Å². The molecule has 0 aliphatic carbocycles. The van der Waals surface area contributed by atoms with E-state index in [1.807, 2.05) is 6.26 Å². The van der Waals surface area contributed by atoms with E-state index < -0.39 is 0 Å². The predicted molar refractivity (Wildman–Crippen MR) is 43.2 cm³/mol. The number of thioether (sulfide) groups is 1. The molecule has 54 valence electrons. The molecular formula is C5H5BrN2OS. The number of halogens is 1. The fourth-order valence-electron chi connectivity index (χ4n) is 0.447. The first kappa shape index (κ1) is 7.81. The van der Waals surface area contributed by atoms with E-state index in [1.165, 1.54) is 11.8 Å². The third-order valence-electron chi connectivity index (χ3n) is 0.898. The molecule has 0 bridgehead atoms. The molecule has 10 heavy (non-hydrogen) atoms. The Bertz CT molecular complexity index is 243. The lowest BCUT2D eigenvalue weighted by Crippen LogP contribution is -1.83. The molecule has 0 amide bonds. The fraction of sp³-hybridized carbons (Fsp3) is 0.200. The third kappa shape index (κ3) is 1.60. The van der Waals surface area contributed by atoms with E-state index in [0.29, 0.717) is 9.63 Å². The van der Waals surface area contributed by atoms with E-state index in [1.54, 1.807) is 6.20 Å². The highest BCUT2D eigenvalue weighted by Gasteiger charge is 2.00. The second-order valence-electron chi connectivity index (χ2n) is 1.53. The van der Waals surface area contributed by atoms with Gasteiger partial charge in [0.05, 0.1) is 6.20 Å². The molecular weight excluding hydrogens is 216 g/mol. The highest BCUT2D eigenvalue weighted by atomic mass is 79.9. The van der Waals surface area contributed by atoms with E-state index in [9.17, 15) is 0 Å². The summed E-state index contributed by atoms with van der Waals surface area (Å²) in [6.07, 6.45) is 3.46. The van der Waals surface area contributed by atoms with E-state index in [2.05, 4.69) is 25.9 Å². The number of aromatic hydroxyl groups is 1. The summed E-state index contributed by atoms with van der Waals surface area (Å²) in [7, 11) is 0. The molecule has 1 heterocycles. The van der Waals surface area contributed by atoms with Crippen molar-refractivity contribution in [3.63, 3.8) is 0 Å². The predicted octanol–water partition coefficient (Wildman–Crippen LogP) is 1.67. The van der Waals surface area contributed by atoms with Crippen LogP contribution >= 0.6 is 27.7 Å². The maximum Gasteiger partial charge on any atom is 0.245 e. The van der Waals surface area contributed by atoms with Crippen LogP contribution in [0.3, 0.4) is 0 Å². The molecule has 0 spiro atoms. The molecule has 0 aliphatic heterocycles. The van der Waals surface area contributed by atoms with E-state index in [4.69, 9.17) is 5.11 Å². The summed E-state index contributed by atoms with van der Waals surface area (Å²) in [6, 6.07) is 0. The Hall–Kier alpha value is -0.290. The SMILES string of the molecule is CSc1cnc(Br)c(O)n1. The molecule has 0 aliphatic rings. The van der Waals surface area contributed by atoms with Crippen molar-refractivity contribution in [2.75, 3.05) is 6.26 Å². The Labute approximate surface area is 71.0 Å². The average Bonchev–Trinajstić information content (AvgIpc) is 1.95. The lowest BCUT2D eigenvalue weighted by atomic mass is 10.7. The van der Waals surface area contributed by atoms with E-state index >= 15 is 0 Å². The van der Waals surface area contributed by atoms with Crippen LogP contribution in [-0.4, -0.2) is 21.3 Å². The molecule has 0 saturated heterocycles. The van der Waals surface area contributed by atoms with Gasteiger partial charge in [-0.2, -0.15) is 0 Å². The van der Waals surface area contributed by atoms with Gasteiger partial charge in [-0.05, 0) is 22.2 Å². The lowest BCUT2D eigenvalue weighted by molar-refractivity contribution is 0.440. The van der Waals surface area contributed by atoms with Crippen LogP contribution in [0, 0.1) is 0 Å². The zero-order valence-electron chi connectivity index (χ0n) is 5.21. The standard InChI is InChI=1S/C5H5BrN2OS/c1-10-3-2-7-4(6)5(9)8-3/h2H,1H3,(H,8,9). The van der Waals surface area contributed by atoms with E-state index in [-0.39, 0.29) is 5.88 Å². The first-order chi connectivity index (χ1) is 4.74. The van der Waals surface area contributed by atoms with Gasteiger partial charge in [-0.3, -0.25) is 0 Å². The van der Waals surface area contributed by atoms with Crippen LogP contribution in [0.1, 0.15) is 0 Å². The zero-order valence-corrected chi connectivity index (χ0v) is 7.61. The zero-order chi connectivity index (χ0) is 7.56. The van der Waals surface area contributed by atoms with Gasteiger partial charge < -0.3 is 5.11 Å². The Morgan fingerprint density at radius 3 is 2.90 bits per heavy atom.